The minimum Gasteiger partial charge on any atom is -0.497 e. The number of nitrogens with one attached hydrogen (secondary N) is 1. The van der Waals surface area contributed by atoms with E-state index < -0.39 is 6.10 Å². The lowest BCUT2D eigenvalue weighted by atomic mass is 9.94. The summed E-state index contributed by atoms with van der Waals surface area (Å²) in [5.74, 6) is 0.842. The molecule has 0 heterocycles. The molecular formula is C17H29N2O4+. The van der Waals surface area contributed by atoms with Crippen molar-refractivity contribution in [2.45, 2.75) is 51.2 Å². The Morgan fingerprint density at radius 3 is 2.48 bits per heavy atom. The van der Waals surface area contributed by atoms with Crippen molar-refractivity contribution in [2.24, 2.45) is 0 Å². The number of unbranched alkanes of at least 4 members (excludes halogenated alkanes) is 1. The van der Waals surface area contributed by atoms with Gasteiger partial charge in [-0.2, -0.15) is 0 Å². The van der Waals surface area contributed by atoms with E-state index in [2.05, 4.69) is 19.2 Å². The summed E-state index contributed by atoms with van der Waals surface area (Å²) in [5.41, 5.74) is 1.07. The molecule has 1 unspecified atom stereocenters. The number of rotatable bonds is 11. The Bertz CT molecular complexity index is 474. The largest absolute Gasteiger partial charge is 0.497 e. The second kappa shape index (κ2) is 9.47. The molecule has 1 rings (SSSR count). The zero-order valence-electron chi connectivity index (χ0n) is 14.3. The van der Waals surface area contributed by atoms with E-state index in [0.29, 0.717) is 25.8 Å². The number of nitrogens with zero attached hydrogens (tertiary/aromatic N) is 1. The van der Waals surface area contributed by atoms with Crippen LogP contribution in [0.15, 0.2) is 24.3 Å². The predicted molar refractivity (Wildman–Crippen MR) is 88.9 cm³/mol. The van der Waals surface area contributed by atoms with Crippen LogP contribution in [0.3, 0.4) is 0 Å². The van der Waals surface area contributed by atoms with Crippen LogP contribution in [-0.2, 0) is 6.42 Å². The van der Waals surface area contributed by atoms with E-state index >= 15 is 0 Å². The number of hydrogen-bond acceptors (Lipinski definition) is 4. The van der Waals surface area contributed by atoms with Crippen LogP contribution >= 0.6 is 0 Å². The average Bonchev–Trinajstić information content (AvgIpc) is 2.50. The standard InChI is InChI=1S/C17H29N2O4/c1-17(2,12-14-7-9-16(23-3)10-8-14)18-13-15(20)6-4-5-11-19(21)22/h7-10,15,18,20H,4-6,11-13H2,1-3H3,(H,21,22)/q+1. The topological polar surface area (TPSA) is 81.8 Å². The summed E-state index contributed by atoms with van der Waals surface area (Å²) in [6, 6.07) is 7.98. The molecule has 0 radical (unpaired) electrons. The third-order valence-electron chi connectivity index (χ3n) is 3.76. The molecular weight excluding hydrogens is 296 g/mol. The lowest BCUT2D eigenvalue weighted by Gasteiger charge is -2.28. The fraction of sp³-hybridized carbons (Fsp3) is 0.647. The van der Waals surface area contributed by atoms with E-state index in [1.807, 2.05) is 24.3 Å². The van der Waals surface area contributed by atoms with E-state index in [-0.39, 0.29) is 17.0 Å². The van der Waals surface area contributed by atoms with Gasteiger partial charge in [0, 0.05) is 18.5 Å². The van der Waals surface area contributed by atoms with Crippen LogP contribution in [-0.4, -0.2) is 47.1 Å². The van der Waals surface area contributed by atoms with Crippen molar-refractivity contribution in [3.63, 3.8) is 0 Å². The minimum atomic E-state index is -0.455. The summed E-state index contributed by atoms with van der Waals surface area (Å²) in [6.07, 6.45) is 2.29. The first kappa shape index (κ1) is 19.4. The Labute approximate surface area is 138 Å². The molecule has 3 N–H and O–H groups in total. The van der Waals surface area contributed by atoms with Crippen LogP contribution in [0.1, 0.15) is 38.7 Å². The molecule has 0 saturated carbocycles. The Morgan fingerprint density at radius 2 is 1.91 bits per heavy atom. The number of aliphatic hydroxyl groups is 1. The van der Waals surface area contributed by atoms with Crippen LogP contribution in [0.2, 0.25) is 0 Å². The van der Waals surface area contributed by atoms with Gasteiger partial charge in [-0.3, -0.25) is 0 Å². The number of aliphatic hydroxyl groups excluding tert-OH is 1. The van der Waals surface area contributed by atoms with Gasteiger partial charge < -0.3 is 15.2 Å². The first-order valence-electron chi connectivity index (χ1n) is 8.02. The van der Waals surface area contributed by atoms with E-state index in [0.717, 1.165) is 12.2 Å². The molecule has 0 aromatic heterocycles. The maximum atomic E-state index is 10.3. The smallest absolute Gasteiger partial charge is 0.248 e. The first-order chi connectivity index (χ1) is 10.8. The zero-order chi connectivity index (χ0) is 17.3. The highest BCUT2D eigenvalue weighted by Gasteiger charge is 2.19. The van der Waals surface area contributed by atoms with Gasteiger partial charge in [-0.15, -0.1) is 0 Å². The van der Waals surface area contributed by atoms with Crippen molar-refractivity contribution in [3.8, 4) is 5.75 Å². The van der Waals surface area contributed by atoms with Gasteiger partial charge in [0.2, 0.25) is 11.5 Å². The SMILES string of the molecule is COc1ccc(CC(C)(C)NCC(O)CCCC[N+](=O)O)cc1. The number of β-amino-alcohol motifs (C(OH)–C–C–N with tert-alkyl or cyclic N) is 1. The van der Waals surface area contributed by atoms with Crippen molar-refractivity contribution in [1.82, 2.24) is 5.32 Å². The molecule has 0 amide bonds. The van der Waals surface area contributed by atoms with Crippen LogP contribution in [0.25, 0.3) is 0 Å². The summed E-state index contributed by atoms with van der Waals surface area (Å²) < 4.78 is 5.15. The number of ether oxygens (including phenoxy) is 1. The second-order valence-corrected chi connectivity index (χ2v) is 6.52. The van der Waals surface area contributed by atoms with Gasteiger partial charge in [-0.1, -0.05) is 12.1 Å². The third-order valence-corrected chi connectivity index (χ3v) is 3.76. The van der Waals surface area contributed by atoms with Crippen LogP contribution in [0.4, 0.5) is 0 Å². The maximum absolute atomic E-state index is 10.3. The van der Waals surface area contributed by atoms with Gasteiger partial charge in [-0.25, -0.2) is 5.21 Å². The van der Waals surface area contributed by atoms with E-state index in [1.165, 1.54) is 5.56 Å². The van der Waals surface area contributed by atoms with Crippen LogP contribution in [0, 0.1) is 4.91 Å². The molecule has 130 valence electrons. The number of benzene rings is 1. The second-order valence-electron chi connectivity index (χ2n) is 6.52. The summed E-state index contributed by atoms with van der Waals surface area (Å²) in [7, 11) is 1.65. The Kier molecular flexibility index (Phi) is 7.98. The molecule has 6 nitrogen and oxygen atoms in total. The van der Waals surface area contributed by atoms with E-state index in [9.17, 15) is 10.0 Å². The van der Waals surface area contributed by atoms with Crippen molar-refractivity contribution in [3.05, 3.63) is 34.7 Å². The molecule has 0 fully saturated rings. The van der Waals surface area contributed by atoms with Crippen molar-refractivity contribution in [2.75, 3.05) is 20.2 Å². The molecule has 1 atom stereocenters. The molecule has 0 aliphatic rings. The molecule has 0 aliphatic heterocycles. The van der Waals surface area contributed by atoms with Crippen LogP contribution in [0.5, 0.6) is 5.75 Å². The quantitative estimate of drug-likeness (QED) is 0.430. The maximum Gasteiger partial charge on any atom is 0.248 e. The summed E-state index contributed by atoms with van der Waals surface area (Å²) in [6.45, 7) is 4.79. The van der Waals surface area contributed by atoms with Crippen LogP contribution < -0.4 is 10.1 Å². The molecule has 1 aromatic carbocycles. The fourth-order valence-electron chi connectivity index (χ4n) is 2.44. The number of methoxy groups -OCH3 is 1. The molecule has 0 saturated heterocycles. The van der Waals surface area contributed by atoms with Gasteiger partial charge in [-0.05, 0) is 50.8 Å². The first-order valence-corrected chi connectivity index (χ1v) is 8.02. The highest BCUT2D eigenvalue weighted by molar-refractivity contribution is 5.28. The van der Waals surface area contributed by atoms with Gasteiger partial charge in [0.05, 0.1) is 18.1 Å². The Morgan fingerprint density at radius 1 is 1.26 bits per heavy atom. The Hall–Kier alpha value is -1.66. The van der Waals surface area contributed by atoms with Crippen molar-refractivity contribution in [1.29, 1.82) is 0 Å². The van der Waals surface area contributed by atoms with Gasteiger partial charge in [0.1, 0.15) is 5.75 Å². The molecule has 0 spiro atoms. The van der Waals surface area contributed by atoms with Gasteiger partial charge in [0.15, 0.2) is 0 Å². The van der Waals surface area contributed by atoms with Gasteiger partial charge in [0.25, 0.3) is 0 Å². The minimum absolute atomic E-state index is 0.0669. The summed E-state index contributed by atoms with van der Waals surface area (Å²) in [5, 5.41) is 21.9. The molecule has 23 heavy (non-hydrogen) atoms. The van der Waals surface area contributed by atoms with E-state index in [4.69, 9.17) is 9.94 Å². The van der Waals surface area contributed by atoms with Crippen molar-refractivity contribution < 1.29 is 20.0 Å². The lowest BCUT2D eigenvalue weighted by molar-refractivity contribution is -0.791. The normalized spacial score (nSPS) is 12.9. The third kappa shape index (κ3) is 8.52. The number of hydrogen-bond donors (Lipinski definition) is 3. The molecule has 0 bridgehead atoms. The lowest BCUT2D eigenvalue weighted by Crippen LogP contribution is -2.45. The predicted octanol–water partition coefficient (Wildman–Crippen LogP) is 2.31. The average molecular weight is 325 g/mol. The summed E-state index contributed by atoms with van der Waals surface area (Å²) in [4.78, 5) is 10.3. The molecule has 1 aromatic rings. The van der Waals surface area contributed by atoms with Gasteiger partial charge >= 0.3 is 0 Å². The Balaban J connectivity index is 2.31. The van der Waals surface area contributed by atoms with E-state index in [1.54, 1.807) is 7.11 Å². The van der Waals surface area contributed by atoms with Crippen molar-refractivity contribution >= 4 is 0 Å². The zero-order valence-corrected chi connectivity index (χ0v) is 14.3. The molecule has 0 aliphatic carbocycles. The monoisotopic (exact) mass is 325 g/mol. The molecule has 6 heteroatoms. The summed E-state index contributed by atoms with van der Waals surface area (Å²) >= 11 is 0. The fourth-order valence-corrected chi connectivity index (χ4v) is 2.44. The highest BCUT2D eigenvalue weighted by atomic mass is 16.6. The highest BCUT2D eigenvalue weighted by Crippen LogP contribution is 2.17.